The SMILES string of the molecule is COCCOc1ccc(-n2nnc3cnc(N[C@@H]4CC[C@@H](C(=O)O)C4)nc32)cc1.COCCOc1ccc(-n2nnc3cnc(N[C@@H]4CC[C@@H](C(N)=O)C4)nc32)cc1.N. The predicted molar refractivity (Wildman–Crippen MR) is 215 cm³/mol. The molecule has 6 aromatic rings. The quantitative estimate of drug-likeness (QED) is 0.0875. The topological polar surface area (TPSA) is 289 Å². The first kappa shape index (κ1) is 42.0. The molecule has 8 N–H and O–H groups in total. The third-order valence-corrected chi connectivity index (χ3v) is 9.94. The summed E-state index contributed by atoms with van der Waals surface area (Å²) < 4.78 is 24.4. The number of amides is 1. The molecule has 2 aliphatic rings. The van der Waals surface area contributed by atoms with Gasteiger partial charge in [-0.3, -0.25) is 9.59 Å². The van der Waals surface area contributed by atoms with Crippen LogP contribution in [0.3, 0.4) is 0 Å². The Hall–Kier alpha value is -6.58. The normalized spacial score (nSPS) is 18.5. The largest absolute Gasteiger partial charge is 0.491 e. The number of carbonyl (C=O) groups is 2. The molecule has 4 heterocycles. The van der Waals surface area contributed by atoms with Crippen molar-refractivity contribution in [1.82, 2.24) is 56.1 Å². The van der Waals surface area contributed by atoms with Crippen LogP contribution in [-0.4, -0.2) is 120 Å². The fourth-order valence-corrected chi connectivity index (χ4v) is 6.87. The summed E-state index contributed by atoms with van der Waals surface area (Å²) in [6.07, 6.45) is 7.59. The van der Waals surface area contributed by atoms with E-state index in [1.165, 1.54) is 0 Å². The van der Waals surface area contributed by atoms with E-state index in [1.54, 1.807) is 36.0 Å². The highest BCUT2D eigenvalue weighted by atomic mass is 16.5. The van der Waals surface area contributed by atoms with Crippen molar-refractivity contribution in [3.63, 3.8) is 0 Å². The van der Waals surface area contributed by atoms with Gasteiger partial charge in [0.25, 0.3) is 0 Å². The first-order valence-corrected chi connectivity index (χ1v) is 18.9. The number of hydrogen-bond donors (Lipinski definition) is 5. The standard InChI is InChI=1S/C19H23N7O3.C19H22N6O4.H3N/c1-28-8-9-29-15-6-4-14(5-7-15)26-18-16(24-25-26)11-21-19(23-18)22-13-3-2-12(10-13)17(20)27;1-28-8-9-29-15-6-4-14(5-7-15)25-17-16(23-24-25)11-20-19(22-17)21-13-3-2-12(10-13)18(26)27;/h4-7,11-13H,2-3,8-10H2,1H3,(H2,20,27)(H,21,22,23);4-7,11-13H,2-3,8-10H2,1H3,(H,26,27)(H,20,21,22);1H3/t2*12-,13-;/m11./s1. The van der Waals surface area contributed by atoms with Gasteiger partial charge in [-0.25, -0.2) is 9.97 Å². The molecule has 4 atom stereocenters. The molecular formula is C38H48N14O7. The fraction of sp³-hybridized carbons (Fsp3) is 0.421. The van der Waals surface area contributed by atoms with Gasteiger partial charge in [0.15, 0.2) is 22.3 Å². The third kappa shape index (κ3) is 10.5. The maximum Gasteiger partial charge on any atom is 0.306 e. The number of aromatic nitrogens is 10. The van der Waals surface area contributed by atoms with E-state index in [9.17, 15) is 9.59 Å². The van der Waals surface area contributed by atoms with E-state index >= 15 is 0 Å². The number of aliphatic carboxylic acids is 1. The molecule has 2 aliphatic carbocycles. The zero-order valence-electron chi connectivity index (χ0n) is 32.8. The Bertz CT molecular complexity index is 2140. The number of anilines is 2. The molecule has 1 amide bonds. The Morgan fingerprint density at radius 1 is 0.695 bits per heavy atom. The monoisotopic (exact) mass is 812 g/mol. The van der Waals surface area contributed by atoms with Crippen LogP contribution in [0.2, 0.25) is 0 Å². The van der Waals surface area contributed by atoms with Gasteiger partial charge >= 0.3 is 5.97 Å². The van der Waals surface area contributed by atoms with Crippen LogP contribution >= 0.6 is 0 Å². The first-order chi connectivity index (χ1) is 28.3. The van der Waals surface area contributed by atoms with Crippen LogP contribution in [0.5, 0.6) is 11.5 Å². The van der Waals surface area contributed by atoms with E-state index in [0.717, 1.165) is 42.1 Å². The van der Waals surface area contributed by atoms with Crippen molar-refractivity contribution in [3.8, 4) is 22.9 Å². The summed E-state index contributed by atoms with van der Waals surface area (Å²) in [7, 11) is 3.26. The molecule has 0 unspecified atom stereocenters. The minimum Gasteiger partial charge on any atom is -0.491 e. The number of carbonyl (C=O) groups excluding carboxylic acids is 1. The summed E-state index contributed by atoms with van der Waals surface area (Å²) in [6.45, 7) is 2.02. The number of fused-ring (bicyclic) bond motifs is 2. The van der Waals surface area contributed by atoms with Gasteiger partial charge < -0.3 is 46.6 Å². The number of nitrogens with zero attached hydrogens (tertiary/aromatic N) is 10. The Labute approximate surface area is 338 Å². The van der Waals surface area contributed by atoms with Crippen molar-refractivity contribution in [2.75, 3.05) is 51.3 Å². The first-order valence-electron chi connectivity index (χ1n) is 18.9. The second kappa shape index (κ2) is 19.7. The van der Waals surface area contributed by atoms with Gasteiger partial charge in [-0.1, -0.05) is 10.4 Å². The summed E-state index contributed by atoms with van der Waals surface area (Å²) in [5, 5.41) is 32.3. The second-order valence-corrected chi connectivity index (χ2v) is 13.9. The lowest BCUT2D eigenvalue weighted by Crippen LogP contribution is -2.23. The van der Waals surface area contributed by atoms with Crippen molar-refractivity contribution in [3.05, 3.63) is 60.9 Å². The van der Waals surface area contributed by atoms with E-state index in [1.807, 2.05) is 48.5 Å². The molecule has 0 radical (unpaired) electrons. The third-order valence-electron chi connectivity index (χ3n) is 9.94. The summed E-state index contributed by atoms with van der Waals surface area (Å²) in [5.74, 6) is 1.01. The predicted octanol–water partition coefficient (Wildman–Crippen LogP) is 3.36. The lowest BCUT2D eigenvalue weighted by molar-refractivity contribution is -0.141. The maximum absolute atomic E-state index is 11.4. The smallest absolute Gasteiger partial charge is 0.306 e. The van der Waals surface area contributed by atoms with E-state index in [-0.39, 0.29) is 36.0 Å². The summed E-state index contributed by atoms with van der Waals surface area (Å²) in [4.78, 5) is 40.2. The minimum atomic E-state index is -0.748. The van der Waals surface area contributed by atoms with Crippen molar-refractivity contribution in [1.29, 1.82) is 0 Å². The summed E-state index contributed by atoms with van der Waals surface area (Å²) >= 11 is 0. The Balaban J connectivity index is 0.000000195. The number of carboxylic acids is 1. The zero-order chi connectivity index (χ0) is 40.4. The molecule has 0 aliphatic heterocycles. The van der Waals surface area contributed by atoms with Crippen LogP contribution in [-0.2, 0) is 19.1 Å². The van der Waals surface area contributed by atoms with Crippen LogP contribution in [0, 0.1) is 11.8 Å². The van der Waals surface area contributed by atoms with Gasteiger partial charge in [-0.2, -0.15) is 19.3 Å². The van der Waals surface area contributed by atoms with Crippen LogP contribution in [0.15, 0.2) is 60.9 Å². The van der Waals surface area contributed by atoms with Gasteiger partial charge in [0.1, 0.15) is 24.7 Å². The molecule has 2 saturated carbocycles. The molecule has 0 bridgehead atoms. The molecule has 4 aromatic heterocycles. The van der Waals surface area contributed by atoms with Crippen molar-refractivity contribution in [2.24, 2.45) is 17.6 Å². The lowest BCUT2D eigenvalue weighted by Gasteiger charge is -2.12. The minimum absolute atomic E-state index is 0. The van der Waals surface area contributed by atoms with Gasteiger partial charge in [-0.05, 0) is 87.1 Å². The van der Waals surface area contributed by atoms with E-state index in [4.69, 9.17) is 29.8 Å². The molecular weight excluding hydrogens is 765 g/mol. The lowest BCUT2D eigenvalue weighted by atomic mass is 10.1. The zero-order valence-corrected chi connectivity index (χ0v) is 32.8. The number of benzene rings is 2. The second-order valence-electron chi connectivity index (χ2n) is 13.9. The molecule has 59 heavy (non-hydrogen) atoms. The van der Waals surface area contributed by atoms with E-state index in [0.29, 0.717) is 79.9 Å². The van der Waals surface area contributed by atoms with Gasteiger partial charge in [-0.15, -0.1) is 10.2 Å². The number of nitrogens with two attached hydrogens (primary N) is 1. The van der Waals surface area contributed by atoms with E-state index in [2.05, 4.69) is 51.2 Å². The Kier molecular flexibility index (Phi) is 14.0. The highest BCUT2D eigenvalue weighted by Crippen LogP contribution is 2.29. The number of primary amides is 1. The van der Waals surface area contributed by atoms with Crippen LogP contribution < -0.4 is 32.0 Å². The van der Waals surface area contributed by atoms with Crippen LogP contribution in [0.4, 0.5) is 11.9 Å². The molecule has 0 saturated heterocycles. The van der Waals surface area contributed by atoms with Gasteiger partial charge in [0.2, 0.25) is 17.8 Å². The van der Waals surface area contributed by atoms with Crippen LogP contribution in [0.25, 0.3) is 33.7 Å². The molecule has 8 rings (SSSR count). The Morgan fingerprint density at radius 3 is 1.53 bits per heavy atom. The maximum atomic E-state index is 11.4. The number of hydrogen-bond acceptors (Lipinski definition) is 17. The molecule has 21 heteroatoms. The number of rotatable bonds is 16. The highest BCUT2D eigenvalue weighted by molar-refractivity contribution is 5.77. The van der Waals surface area contributed by atoms with Gasteiger partial charge in [0.05, 0.1) is 42.9 Å². The molecule has 312 valence electrons. The number of ether oxygens (including phenoxy) is 4. The Morgan fingerprint density at radius 2 is 1.14 bits per heavy atom. The summed E-state index contributed by atoms with van der Waals surface area (Å²) in [5.41, 5.74) is 9.35. The van der Waals surface area contributed by atoms with E-state index < -0.39 is 5.97 Å². The van der Waals surface area contributed by atoms with Crippen molar-refractivity contribution >= 4 is 46.1 Å². The molecule has 0 spiro atoms. The molecule has 2 fully saturated rings. The molecule has 21 nitrogen and oxygen atoms in total. The van der Waals surface area contributed by atoms with Crippen molar-refractivity contribution < 1.29 is 33.6 Å². The highest BCUT2D eigenvalue weighted by Gasteiger charge is 2.31. The fourth-order valence-electron chi connectivity index (χ4n) is 6.87. The number of carboxylic acid groups (broad SMARTS) is 1. The van der Waals surface area contributed by atoms with Crippen LogP contribution in [0.1, 0.15) is 38.5 Å². The van der Waals surface area contributed by atoms with Gasteiger partial charge in [0, 0.05) is 32.2 Å². The number of nitrogens with one attached hydrogen (secondary N) is 2. The molecule has 2 aromatic carbocycles. The number of methoxy groups -OCH3 is 2. The average molecular weight is 813 g/mol. The average Bonchev–Trinajstić information content (AvgIpc) is 4.06. The van der Waals surface area contributed by atoms with Crippen molar-refractivity contribution in [2.45, 2.75) is 50.6 Å². The summed E-state index contributed by atoms with van der Waals surface area (Å²) in [6, 6.07) is 15.1.